The lowest BCUT2D eigenvalue weighted by Gasteiger charge is -2.22. The Kier molecular flexibility index (Phi) is 6.02. The Labute approximate surface area is 177 Å². The van der Waals surface area contributed by atoms with Gasteiger partial charge in [-0.25, -0.2) is 4.98 Å². The standard InChI is InChI=1S/C24H26N4O2/c1-28(16-17-7-6-14-25-15-17)24(29)19-10-12-20-21(13-11-19)26-22(27-23(20)30-2)18-8-4-3-5-9-18/h3-9,14-15,19H,10-13,16H2,1-2H3. The number of hydrogen-bond donors (Lipinski definition) is 0. The average molecular weight is 402 g/mol. The maximum Gasteiger partial charge on any atom is 0.225 e. The summed E-state index contributed by atoms with van der Waals surface area (Å²) in [6.07, 6.45) is 6.57. The number of amides is 1. The summed E-state index contributed by atoms with van der Waals surface area (Å²) in [4.78, 5) is 28.5. The molecule has 30 heavy (non-hydrogen) atoms. The molecule has 0 bridgehead atoms. The number of ether oxygens (including phenoxy) is 1. The molecule has 6 heteroatoms. The number of fused-ring (bicyclic) bond motifs is 1. The van der Waals surface area contributed by atoms with E-state index in [2.05, 4.69) is 9.97 Å². The molecule has 3 aromatic rings. The smallest absolute Gasteiger partial charge is 0.225 e. The molecule has 1 aromatic carbocycles. The fraction of sp³-hybridized carbons (Fsp3) is 0.333. The van der Waals surface area contributed by atoms with E-state index in [4.69, 9.17) is 9.72 Å². The highest BCUT2D eigenvalue weighted by Gasteiger charge is 2.28. The zero-order chi connectivity index (χ0) is 20.9. The predicted octanol–water partition coefficient (Wildman–Crippen LogP) is 3.70. The van der Waals surface area contributed by atoms with Crippen LogP contribution in [0.1, 0.15) is 29.7 Å². The second-order valence-corrected chi connectivity index (χ2v) is 7.68. The number of carbonyl (C=O) groups is 1. The molecule has 1 atom stereocenters. The first-order chi connectivity index (χ1) is 14.7. The lowest BCUT2D eigenvalue weighted by atomic mass is 9.98. The molecule has 0 saturated heterocycles. The minimum Gasteiger partial charge on any atom is -0.481 e. The molecular weight excluding hydrogens is 376 g/mol. The molecule has 0 aliphatic heterocycles. The van der Waals surface area contributed by atoms with Gasteiger partial charge >= 0.3 is 0 Å². The second-order valence-electron chi connectivity index (χ2n) is 7.68. The van der Waals surface area contributed by atoms with Crippen LogP contribution in [0.5, 0.6) is 5.88 Å². The summed E-state index contributed by atoms with van der Waals surface area (Å²) in [6.45, 7) is 0.567. The van der Waals surface area contributed by atoms with Crippen molar-refractivity contribution in [1.82, 2.24) is 19.9 Å². The number of rotatable bonds is 5. The lowest BCUT2D eigenvalue weighted by molar-refractivity contribution is -0.135. The SMILES string of the molecule is COc1nc(-c2ccccc2)nc2c1CCC(C(=O)N(C)Cc1cccnc1)CC2. The van der Waals surface area contributed by atoms with E-state index in [0.717, 1.165) is 48.1 Å². The van der Waals surface area contributed by atoms with Gasteiger partial charge in [-0.1, -0.05) is 36.4 Å². The van der Waals surface area contributed by atoms with Crippen molar-refractivity contribution >= 4 is 5.91 Å². The Morgan fingerprint density at radius 1 is 1.10 bits per heavy atom. The van der Waals surface area contributed by atoms with Gasteiger partial charge in [0.15, 0.2) is 5.82 Å². The van der Waals surface area contributed by atoms with Crippen LogP contribution in [-0.2, 0) is 24.2 Å². The summed E-state index contributed by atoms with van der Waals surface area (Å²) in [7, 11) is 3.51. The Morgan fingerprint density at radius 2 is 1.90 bits per heavy atom. The van der Waals surface area contributed by atoms with Crippen LogP contribution in [-0.4, -0.2) is 39.9 Å². The molecule has 1 amide bonds. The monoisotopic (exact) mass is 402 g/mol. The van der Waals surface area contributed by atoms with Crippen LogP contribution in [0.2, 0.25) is 0 Å². The zero-order valence-corrected chi connectivity index (χ0v) is 17.4. The molecule has 6 nitrogen and oxygen atoms in total. The number of hydrogen-bond acceptors (Lipinski definition) is 5. The summed E-state index contributed by atoms with van der Waals surface area (Å²) in [5.74, 6) is 1.42. The fourth-order valence-electron chi connectivity index (χ4n) is 4.03. The van der Waals surface area contributed by atoms with Gasteiger partial charge < -0.3 is 9.64 Å². The van der Waals surface area contributed by atoms with Crippen LogP contribution in [0.15, 0.2) is 54.9 Å². The van der Waals surface area contributed by atoms with Crippen molar-refractivity contribution in [3.05, 3.63) is 71.7 Å². The van der Waals surface area contributed by atoms with E-state index < -0.39 is 0 Å². The van der Waals surface area contributed by atoms with Gasteiger partial charge in [0.05, 0.1) is 12.8 Å². The third-order valence-electron chi connectivity index (χ3n) is 5.62. The molecule has 1 aliphatic carbocycles. The summed E-state index contributed by atoms with van der Waals surface area (Å²) in [5.41, 5.74) is 4.02. The molecule has 0 fully saturated rings. The molecule has 0 spiro atoms. The van der Waals surface area contributed by atoms with E-state index >= 15 is 0 Å². The van der Waals surface area contributed by atoms with Crippen LogP contribution >= 0.6 is 0 Å². The number of aryl methyl sites for hydroxylation is 1. The van der Waals surface area contributed by atoms with Gasteiger partial charge in [-0.05, 0) is 37.3 Å². The Balaban J connectivity index is 1.52. The number of carbonyl (C=O) groups excluding carboxylic acids is 1. The third kappa shape index (κ3) is 4.32. The van der Waals surface area contributed by atoms with Crippen molar-refractivity contribution in [3.8, 4) is 17.3 Å². The summed E-state index contributed by atoms with van der Waals surface area (Å²) in [6, 6.07) is 13.8. The largest absolute Gasteiger partial charge is 0.481 e. The van der Waals surface area contributed by atoms with Crippen LogP contribution in [0.3, 0.4) is 0 Å². The van der Waals surface area contributed by atoms with Crippen LogP contribution in [0, 0.1) is 5.92 Å². The third-order valence-corrected chi connectivity index (χ3v) is 5.62. The molecule has 0 saturated carbocycles. The Morgan fingerprint density at radius 3 is 2.63 bits per heavy atom. The summed E-state index contributed by atoms with van der Waals surface area (Å²) >= 11 is 0. The molecule has 2 heterocycles. The molecule has 0 N–H and O–H groups in total. The maximum atomic E-state index is 13.1. The minimum atomic E-state index is -0.0363. The van der Waals surface area contributed by atoms with Crippen molar-refractivity contribution in [1.29, 1.82) is 0 Å². The highest BCUT2D eigenvalue weighted by Crippen LogP contribution is 2.31. The minimum absolute atomic E-state index is 0.0363. The van der Waals surface area contributed by atoms with Crippen molar-refractivity contribution in [3.63, 3.8) is 0 Å². The molecule has 1 aliphatic rings. The highest BCUT2D eigenvalue weighted by atomic mass is 16.5. The van der Waals surface area contributed by atoms with Crippen molar-refractivity contribution in [2.24, 2.45) is 5.92 Å². The lowest BCUT2D eigenvalue weighted by Crippen LogP contribution is -2.32. The maximum absolute atomic E-state index is 13.1. The number of methoxy groups -OCH3 is 1. The van der Waals surface area contributed by atoms with Gasteiger partial charge in [0.25, 0.3) is 0 Å². The molecular formula is C24H26N4O2. The van der Waals surface area contributed by atoms with E-state index in [1.165, 1.54) is 0 Å². The normalized spacial score (nSPS) is 15.7. The molecule has 2 aromatic heterocycles. The number of benzene rings is 1. The first-order valence-corrected chi connectivity index (χ1v) is 10.3. The van der Waals surface area contributed by atoms with Gasteiger partial charge in [-0.2, -0.15) is 4.98 Å². The van der Waals surface area contributed by atoms with Gasteiger partial charge in [-0.3, -0.25) is 9.78 Å². The van der Waals surface area contributed by atoms with Crippen molar-refractivity contribution in [2.45, 2.75) is 32.2 Å². The van der Waals surface area contributed by atoms with Gasteiger partial charge in [0.1, 0.15) is 0 Å². The first kappa shape index (κ1) is 20.0. The van der Waals surface area contributed by atoms with Crippen molar-refractivity contribution < 1.29 is 9.53 Å². The van der Waals surface area contributed by atoms with E-state index in [-0.39, 0.29) is 11.8 Å². The van der Waals surface area contributed by atoms with E-state index in [9.17, 15) is 4.79 Å². The van der Waals surface area contributed by atoms with E-state index in [1.807, 2.05) is 49.5 Å². The second kappa shape index (κ2) is 9.03. The topological polar surface area (TPSA) is 68.2 Å². The molecule has 1 unspecified atom stereocenters. The number of pyridine rings is 1. The fourth-order valence-corrected chi connectivity index (χ4v) is 4.03. The zero-order valence-electron chi connectivity index (χ0n) is 17.4. The van der Waals surface area contributed by atoms with E-state index in [0.29, 0.717) is 18.2 Å². The molecule has 0 radical (unpaired) electrons. The van der Waals surface area contributed by atoms with Gasteiger partial charge in [0.2, 0.25) is 11.8 Å². The molecule has 4 rings (SSSR count). The van der Waals surface area contributed by atoms with Crippen LogP contribution in [0.25, 0.3) is 11.4 Å². The van der Waals surface area contributed by atoms with Gasteiger partial charge in [0, 0.05) is 43.0 Å². The van der Waals surface area contributed by atoms with Gasteiger partial charge in [-0.15, -0.1) is 0 Å². The number of nitrogens with zero attached hydrogens (tertiary/aromatic N) is 4. The first-order valence-electron chi connectivity index (χ1n) is 10.3. The van der Waals surface area contributed by atoms with E-state index in [1.54, 1.807) is 24.4 Å². The van der Waals surface area contributed by atoms with Crippen LogP contribution < -0.4 is 4.74 Å². The summed E-state index contributed by atoms with van der Waals surface area (Å²) < 4.78 is 5.60. The highest BCUT2D eigenvalue weighted by molar-refractivity contribution is 5.78. The Bertz CT molecular complexity index is 1010. The quantitative estimate of drug-likeness (QED) is 0.609. The Hall–Kier alpha value is -3.28. The average Bonchev–Trinajstić information content (AvgIpc) is 3.02. The molecule has 154 valence electrons. The number of aromatic nitrogens is 3. The predicted molar refractivity (Wildman–Crippen MR) is 115 cm³/mol. The summed E-state index contributed by atoms with van der Waals surface area (Å²) in [5, 5.41) is 0. The van der Waals surface area contributed by atoms with Crippen LogP contribution in [0.4, 0.5) is 0 Å². The van der Waals surface area contributed by atoms with Crippen molar-refractivity contribution in [2.75, 3.05) is 14.2 Å².